The number of imide groups is 1. The molecule has 0 unspecified atom stereocenters. The SMILES string of the molecule is CCO[C@]12CC[C@H](C(=O)C1)[C@H]1C(=O)N(CCCN3CCN(c4ccc(F)cc4)CC3)C(=O)[C@H]12. The van der Waals surface area contributed by atoms with Crippen LogP contribution in [0.25, 0.3) is 0 Å². The molecule has 0 aromatic heterocycles. The first-order valence-electron chi connectivity index (χ1n) is 12.2. The molecule has 0 N–H and O–H groups in total. The van der Waals surface area contributed by atoms with E-state index in [1.165, 1.54) is 17.0 Å². The van der Waals surface area contributed by atoms with Crippen molar-refractivity contribution >= 4 is 23.3 Å². The minimum Gasteiger partial charge on any atom is -0.374 e. The number of ether oxygens (including phenoxy) is 1. The molecule has 7 nitrogen and oxygen atoms in total. The smallest absolute Gasteiger partial charge is 0.236 e. The lowest BCUT2D eigenvalue weighted by molar-refractivity contribution is -0.180. The largest absolute Gasteiger partial charge is 0.374 e. The second-order valence-corrected chi connectivity index (χ2v) is 9.78. The number of halogens is 1. The number of ketones is 1. The molecule has 8 heteroatoms. The molecular formula is C25H32FN3O4. The van der Waals surface area contributed by atoms with Crippen LogP contribution in [0, 0.1) is 23.6 Å². The number of amides is 2. The molecule has 178 valence electrons. The van der Waals surface area contributed by atoms with Crippen molar-refractivity contribution in [3.05, 3.63) is 30.1 Å². The Morgan fingerprint density at radius 2 is 1.76 bits per heavy atom. The van der Waals surface area contributed by atoms with Crippen LogP contribution in [0.4, 0.5) is 10.1 Å². The topological polar surface area (TPSA) is 70.2 Å². The number of carbonyl (C=O) groups is 3. The van der Waals surface area contributed by atoms with Crippen molar-refractivity contribution in [2.24, 2.45) is 17.8 Å². The van der Waals surface area contributed by atoms with Gasteiger partial charge in [-0.15, -0.1) is 0 Å². The van der Waals surface area contributed by atoms with Gasteiger partial charge in [-0.25, -0.2) is 4.39 Å². The average molecular weight is 458 g/mol. The number of piperazine rings is 1. The fourth-order valence-electron chi connectivity index (χ4n) is 6.48. The first-order valence-corrected chi connectivity index (χ1v) is 12.2. The molecule has 3 saturated carbocycles. The summed E-state index contributed by atoms with van der Waals surface area (Å²) in [6.07, 6.45) is 2.31. The molecule has 33 heavy (non-hydrogen) atoms. The highest BCUT2D eigenvalue weighted by atomic mass is 19.1. The summed E-state index contributed by atoms with van der Waals surface area (Å²) in [6, 6.07) is 6.58. The first kappa shape index (κ1) is 22.5. The van der Waals surface area contributed by atoms with Crippen molar-refractivity contribution in [3.63, 3.8) is 0 Å². The van der Waals surface area contributed by atoms with Gasteiger partial charge in [0.2, 0.25) is 11.8 Å². The van der Waals surface area contributed by atoms with Gasteiger partial charge >= 0.3 is 0 Å². The Hall–Kier alpha value is -2.32. The van der Waals surface area contributed by atoms with Gasteiger partial charge in [0.15, 0.2) is 0 Å². The predicted octanol–water partition coefficient (Wildman–Crippen LogP) is 2.10. The summed E-state index contributed by atoms with van der Waals surface area (Å²) >= 11 is 0. The van der Waals surface area contributed by atoms with E-state index in [0.29, 0.717) is 32.4 Å². The van der Waals surface area contributed by atoms with Gasteiger partial charge in [0, 0.05) is 57.4 Å². The Morgan fingerprint density at radius 3 is 2.42 bits per heavy atom. The Balaban J connectivity index is 1.16. The number of anilines is 1. The quantitative estimate of drug-likeness (QED) is 0.584. The van der Waals surface area contributed by atoms with Crippen molar-refractivity contribution in [2.45, 2.75) is 38.2 Å². The van der Waals surface area contributed by atoms with Crippen LogP contribution >= 0.6 is 0 Å². The number of likely N-dealkylation sites (tertiary alicyclic amines) is 1. The van der Waals surface area contributed by atoms with E-state index >= 15 is 0 Å². The van der Waals surface area contributed by atoms with Gasteiger partial charge in [-0.1, -0.05) is 0 Å². The zero-order valence-electron chi connectivity index (χ0n) is 19.2. The molecule has 1 aromatic rings. The van der Waals surface area contributed by atoms with Gasteiger partial charge in [-0.3, -0.25) is 24.2 Å². The van der Waals surface area contributed by atoms with Gasteiger partial charge in [-0.2, -0.15) is 0 Å². The minimum atomic E-state index is -0.788. The summed E-state index contributed by atoms with van der Waals surface area (Å²) in [5.74, 6) is -1.81. The second kappa shape index (κ2) is 8.80. The van der Waals surface area contributed by atoms with Crippen LogP contribution < -0.4 is 4.90 Å². The van der Waals surface area contributed by atoms with Crippen LogP contribution in [-0.2, 0) is 19.1 Å². The predicted molar refractivity (Wildman–Crippen MR) is 120 cm³/mol. The average Bonchev–Trinajstić information content (AvgIpc) is 3.07. The van der Waals surface area contributed by atoms with Gasteiger partial charge in [0.25, 0.3) is 0 Å². The summed E-state index contributed by atoms with van der Waals surface area (Å²) in [7, 11) is 0. The molecule has 2 heterocycles. The van der Waals surface area contributed by atoms with Crippen molar-refractivity contribution < 1.29 is 23.5 Å². The van der Waals surface area contributed by atoms with E-state index in [9.17, 15) is 18.8 Å². The fourth-order valence-corrected chi connectivity index (χ4v) is 6.48. The van der Waals surface area contributed by atoms with Crippen molar-refractivity contribution in [2.75, 3.05) is 50.8 Å². The molecular weight excluding hydrogens is 425 g/mol. The molecule has 0 spiro atoms. The molecule has 0 radical (unpaired) electrons. The van der Waals surface area contributed by atoms with Crippen LogP contribution in [-0.4, -0.2) is 78.9 Å². The molecule has 2 amide bonds. The maximum Gasteiger partial charge on any atom is 0.236 e. The maximum absolute atomic E-state index is 13.3. The number of rotatable bonds is 7. The van der Waals surface area contributed by atoms with E-state index in [2.05, 4.69) is 9.80 Å². The van der Waals surface area contributed by atoms with E-state index in [1.807, 2.05) is 19.1 Å². The highest BCUT2D eigenvalue weighted by Gasteiger charge is 2.67. The third-order valence-corrected chi connectivity index (χ3v) is 8.06. The monoisotopic (exact) mass is 457 g/mol. The molecule has 2 saturated heterocycles. The van der Waals surface area contributed by atoms with Gasteiger partial charge in [-0.05, 0) is 57.0 Å². The van der Waals surface area contributed by atoms with Crippen LogP contribution in [0.2, 0.25) is 0 Å². The molecule has 1 aromatic carbocycles. The molecule has 6 rings (SSSR count). The highest BCUT2D eigenvalue weighted by molar-refractivity contribution is 6.09. The summed E-state index contributed by atoms with van der Waals surface area (Å²) in [5, 5.41) is 0. The summed E-state index contributed by atoms with van der Waals surface area (Å²) in [6.45, 7) is 7.00. The molecule has 3 aliphatic carbocycles. The van der Waals surface area contributed by atoms with Crippen molar-refractivity contribution in [1.82, 2.24) is 9.80 Å². The lowest BCUT2D eigenvalue weighted by Gasteiger charge is -2.50. The third-order valence-electron chi connectivity index (χ3n) is 8.06. The molecule has 2 bridgehead atoms. The Bertz CT molecular complexity index is 926. The van der Waals surface area contributed by atoms with Crippen molar-refractivity contribution in [1.29, 1.82) is 0 Å². The van der Waals surface area contributed by atoms with Crippen molar-refractivity contribution in [3.8, 4) is 0 Å². The van der Waals surface area contributed by atoms with E-state index in [0.717, 1.165) is 38.4 Å². The summed E-state index contributed by atoms with van der Waals surface area (Å²) in [4.78, 5) is 45.1. The number of Topliss-reactive ketones (excluding diaryl/α,β-unsaturated/α-hetero) is 1. The Morgan fingerprint density at radius 1 is 1.03 bits per heavy atom. The Kier molecular flexibility index (Phi) is 5.99. The number of nitrogens with zero attached hydrogens (tertiary/aromatic N) is 3. The van der Waals surface area contributed by atoms with Crippen LogP contribution in [0.3, 0.4) is 0 Å². The number of hydrogen-bond acceptors (Lipinski definition) is 6. The van der Waals surface area contributed by atoms with Crippen LogP contribution in [0.15, 0.2) is 24.3 Å². The zero-order chi connectivity index (χ0) is 23.2. The van der Waals surface area contributed by atoms with E-state index in [-0.39, 0.29) is 35.8 Å². The lowest BCUT2D eigenvalue weighted by atomic mass is 9.56. The minimum absolute atomic E-state index is 0.0815. The number of benzene rings is 1. The van der Waals surface area contributed by atoms with Gasteiger partial charge in [0.1, 0.15) is 11.6 Å². The standard InChI is InChI=1S/C25H32FN3O4/c1-2-33-25-9-8-19(20(30)16-25)21-22(25)24(32)29(23(21)31)11-3-10-27-12-14-28(15-13-27)18-6-4-17(26)5-7-18/h4-7,19,21-22H,2-3,8-16H2,1H3/t19-,21-,22+,25-/m1/s1. The molecule has 4 atom stereocenters. The molecule has 5 aliphatic rings. The summed E-state index contributed by atoms with van der Waals surface area (Å²) in [5.41, 5.74) is 0.239. The number of fused-ring (bicyclic) bond motifs is 2. The molecule has 2 aliphatic heterocycles. The Labute approximate surface area is 193 Å². The summed E-state index contributed by atoms with van der Waals surface area (Å²) < 4.78 is 19.2. The lowest BCUT2D eigenvalue weighted by Crippen LogP contribution is -2.59. The maximum atomic E-state index is 13.3. The van der Waals surface area contributed by atoms with Gasteiger partial charge in [0.05, 0.1) is 17.4 Å². The van der Waals surface area contributed by atoms with Gasteiger partial charge < -0.3 is 9.64 Å². The normalized spacial score (nSPS) is 32.1. The molecule has 5 fully saturated rings. The second-order valence-electron chi connectivity index (χ2n) is 9.78. The number of hydrogen-bond donors (Lipinski definition) is 0. The zero-order valence-corrected chi connectivity index (χ0v) is 19.2. The fraction of sp³-hybridized carbons (Fsp3) is 0.640. The van der Waals surface area contributed by atoms with E-state index < -0.39 is 17.4 Å². The highest BCUT2D eigenvalue weighted by Crippen LogP contribution is 2.55. The van der Waals surface area contributed by atoms with E-state index in [4.69, 9.17) is 4.74 Å². The first-order chi connectivity index (χ1) is 15.9. The van der Waals surface area contributed by atoms with Crippen LogP contribution in [0.5, 0.6) is 0 Å². The third kappa shape index (κ3) is 3.87. The van der Waals surface area contributed by atoms with Crippen LogP contribution in [0.1, 0.15) is 32.6 Å². The van der Waals surface area contributed by atoms with E-state index in [1.54, 1.807) is 0 Å². The number of carbonyl (C=O) groups excluding carboxylic acids is 3.